The number of hydrogen-bond acceptors (Lipinski definition) is 3. The normalized spacial score (nSPS) is 18.3. The van der Waals surface area contributed by atoms with Crippen LogP contribution in [0.25, 0.3) is 0 Å². The summed E-state index contributed by atoms with van der Waals surface area (Å²) in [5.74, 6) is 0. The maximum atomic E-state index is 8.60. The molecule has 3 nitrogen and oxygen atoms in total. The van der Waals surface area contributed by atoms with Gasteiger partial charge in [0.05, 0.1) is 13.2 Å². The van der Waals surface area contributed by atoms with Gasteiger partial charge in [0, 0.05) is 17.1 Å². The van der Waals surface area contributed by atoms with E-state index in [0.717, 1.165) is 32.4 Å². The number of hydrogen-bond donors (Lipinski definition) is 2. The average Bonchev–Trinajstić information content (AvgIpc) is 2.43. The summed E-state index contributed by atoms with van der Waals surface area (Å²) in [7, 11) is 0. The topological polar surface area (TPSA) is 41.5 Å². The van der Waals surface area contributed by atoms with Gasteiger partial charge in [-0.15, -0.1) is 0 Å². The van der Waals surface area contributed by atoms with Crippen molar-refractivity contribution in [2.45, 2.75) is 31.7 Å². The molecule has 2 N–H and O–H groups in total. The van der Waals surface area contributed by atoms with Crippen LogP contribution in [-0.2, 0) is 17.6 Å². The molecular formula is C15H22BrNO2. The zero-order valence-corrected chi connectivity index (χ0v) is 12.8. The van der Waals surface area contributed by atoms with Crippen molar-refractivity contribution in [1.29, 1.82) is 0 Å². The Morgan fingerprint density at radius 3 is 3.05 bits per heavy atom. The van der Waals surface area contributed by atoms with Gasteiger partial charge in [-0.1, -0.05) is 22.0 Å². The monoisotopic (exact) mass is 327 g/mol. The van der Waals surface area contributed by atoms with E-state index in [4.69, 9.17) is 9.84 Å². The minimum atomic E-state index is 0.113. The molecule has 0 aliphatic heterocycles. The van der Waals surface area contributed by atoms with Crippen LogP contribution in [0.5, 0.6) is 0 Å². The Hall–Kier alpha value is -0.420. The molecule has 1 atom stereocenters. The van der Waals surface area contributed by atoms with E-state index in [0.29, 0.717) is 12.6 Å². The third-order valence-corrected chi connectivity index (χ3v) is 4.02. The lowest BCUT2D eigenvalue weighted by atomic mass is 9.88. The molecule has 1 aromatic rings. The smallest absolute Gasteiger partial charge is 0.0697 e. The van der Waals surface area contributed by atoms with Crippen molar-refractivity contribution < 1.29 is 9.84 Å². The lowest BCUT2D eigenvalue weighted by molar-refractivity contribution is 0.0903. The van der Waals surface area contributed by atoms with Crippen LogP contribution in [-0.4, -0.2) is 37.5 Å². The molecule has 0 bridgehead atoms. The number of fused-ring (bicyclic) bond motifs is 1. The largest absolute Gasteiger partial charge is 0.394 e. The molecule has 19 heavy (non-hydrogen) atoms. The first-order valence-electron chi connectivity index (χ1n) is 6.99. The van der Waals surface area contributed by atoms with E-state index >= 15 is 0 Å². The summed E-state index contributed by atoms with van der Waals surface area (Å²) in [5.41, 5.74) is 2.96. The summed E-state index contributed by atoms with van der Waals surface area (Å²) in [6.45, 7) is 2.28. The fourth-order valence-corrected chi connectivity index (χ4v) is 2.95. The second kappa shape index (κ2) is 8.00. The minimum Gasteiger partial charge on any atom is -0.394 e. The van der Waals surface area contributed by atoms with Gasteiger partial charge < -0.3 is 15.2 Å². The van der Waals surface area contributed by atoms with Crippen LogP contribution in [0.1, 0.15) is 24.0 Å². The third kappa shape index (κ3) is 4.88. The standard InChI is InChI=1S/C15H22BrNO2/c16-14-4-2-13-11-15(5-3-12(13)10-14)17-6-1-8-19-9-7-18/h2,4,10,15,17-18H,1,3,5-9,11H2. The molecule has 106 valence electrons. The molecular weight excluding hydrogens is 306 g/mol. The second-order valence-electron chi connectivity index (χ2n) is 5.00. The molecule has 0 aromatic heterocycles. The van der Waals surface area contributed by atoms with Crippen LogP contribution in [0.4, 0.5) is 0 Å². The van der Waals surface area contributed by atoms with Crippen molar-refractivity contribution in [2.24, 2.45) is 0 Å². The van der Waals surface area contributed by atoms with Crippen LogP contribution >= 0.6 is 15.9 Å². The SMILES string of the molecule is OCCOCCCNC1CCc2cc(Br)ccc2C1. The summed E-state index contributed by atoms with van der Waals surface area (Å²) < 4.78 is 6.43. The van der Waals surface area contributed by atoms with Gasteiger partial charge in [-0.05, 0) is 55.5 Å². The number of aryl methyl sites for hydroxylation is 1. The first-order valence-corrected chi connectivity index (χ1v) is 7.78. The summed E-state index contributed by atoms with van der Waals surface area (Å²) in [6, 6.07) is 7.20. The first-order chi connectivity index (χ1) is 9.29. The van der Waals surface area contributed by atoms with Crippen molar-refractivity contribution in [3.63, 3.8) is 0 Å². The number of aliphatic hydroxyl groups excluding tert-OH is 1. The Morgan fingerprint density at radius 2 is 2.21 bits per heavy atom. The molecule has 4 heteroatoms. The van der Waals surface area contributed by atoms with Crippen molar-refractivity contribution in [3.8, 4) is 0 Å². The quantitative estimate of drug-likeness (QED) is 0.755. The Labute approximate surface area is 123 Å². The number of benzene rings is 1. The highest BCUT2D eigenvalue weighted by Gasteiger charge is 2.17. The van der Waals surface area contributed by atoms with E-state index < -0.39 is 0 Å². The van der Waals surface area contributed by atoms with Gasteiger partial charge in [-0.2, -0.15) is 0 Å². The van der Waals surface area contributed by atoms with Gasteiger partial charge >= 0.3 is 0 Å². The Morgan fingerprint density at radius 1 is 1.32 bits per heavy atom. The molecule has 0 spiro atoms. The Kier molecular flexibility index (Phi) is 6.31. The molecule has 1 aliphatic carbocycles. The van der Waals surface area contributed by atoms with Gasteiger partial charge in [0.25, 0.3) is 0 Å². The maximum Gasteiger partial charge on any atom is 0.0697 e. The van der Waals surface area contributed by atoms with E-state index in [-0.39, 0.29) is 6.61 Å². The third-order valence-electron chi connectivity index (χ3n) is 3.53. The van der Waals surface area contributed by atoms with Gasteiger partial charge in [-0.25, -0.2) is 0 Å². The summed E-state index contributed by atoms with van der Waals surface area (Å²) in [4.78, 5) is 0. The molecule has 0 heterocycles. The number of rotatable bonds is 7. The van der Waals surface area contributed by atoms with E-state index in [1.807, 2.05) is 0 Å². The number of aliphatic hydroxyl groups is 1. The lowest BCUT2D eigenvalue weighted by Crippen LogP contribution is -2.35. The van der Waals surface area contributed by atoms with Crippen LogP contribution in [0.3, 0.4) is 0 Å². The first kappa shape index (κ1) is 15.0. The van der Waals surface area contributed by atoms with Gasteiger partial charge in [0.2, 0.25) is 0 Å². The van der Waals surface area contributed by atoms with E-state index in [1.165, 1.54) is 22.0 Å². The van der Waals surface area contributed by atoms with Gasteiger partial charge in [0.15, 0.2) is 0 Å². The fourth-order valence-electron chi connectivity index (χ4n) is 2.54. The van der Waals surface area contributed by atoms with Crippen molar-refractivity contribution in [2.75, 3.05) is 26.4 Å². The van der Waals surface area contributed by atoms with Crippen molar-refractivity contribution >= 4 is 15.9 Å². The van der Waals surface area contributed by atoms with E-state index in [1.54, 1.807) is 0 Å². The molecule has 1 unspecified atom stereocenters. The summed E-state index contributed by atoms with van der Waals surface area (Å²) in [6.07, 6.45) is 4.50. The van der Waals surface area contributed by atoms with Crippen LogP contribution in [0.15, 0.2) is 22.7 Å². The highest BCUT2D eigenvalue weighted by molar-refractivity contribution is 9.10. The predicted octanol–water partition coefficient (Wildman–Crippen LogP) is 2.29. The second-order valence-corrected chi connectivity index (χ2v) is 5.91. The number of ether oxygens (including phenoxy) is 1. The predicted molar refractivity (Wildman–Crippen MR) is 80.5 cm³/mol. The highest BCUT2D eigenvalue weighted by atomic mass is 79.9. The highest BCUT2D eigenvalue weighted by Crippen LogP contribution is 2.24. The average molecular weight is 328 g/mol. The Balaban J connectivity index is 1.69. The summed E-state index contributed by atoms with van der Waals surface area (Å²) in [5, 5.41) is 12.2. The molecule has 0 amide bonds. The maximum absolute atomic E-state index is 8.60. The molecule has 0 saturated heterocycles. The number of nitrogens with one attached hydrogen (secondary N) is 1. The van der Waals surface area contributed by atoms with Gasteiger partial charge in [-0.3, -0.25) is 0 Å². The molecule has 2 rings (SSSR count). The zero-order valence-electron chi connectivity index (χ0n) is 11.2. The molecule has 0 fully saturated rings. The molecule has 0 radical (unpaired) electrons. The molecule has 1 aliphatic rings. The van der Waals surface area contributed by atoms with Crippen LogP contribution < -0.4 is 5.32 Å². The molecule has 1 aromatic carbocycles. The fraction of sp³-hybridized carbons (Fsp3) is 0.600. The van der Waals surface area contributed by atoms with Crippen LogP contribution in [0.2, 0.25) is 0 Å². The Bertz CT molecular complexity index is 398. The number of halogens is 1. The minimum absolute atomic E-state index is 0.113. The van der Waals surface area contributed by atoms with E-state index in [9.17, 15) is 0 Å². The van der Waals surface area contributed by atoms with Gasteiger partial charge in [0.1, 0.15) is 0 Å². The van der Waals surface area contributed by atoms with Crippen molar-refractivity contribution in [3.05, 3.63) is 33.8 Å². The summed E-state index contributed by atoms with van der Waals surface area (Å²) >= 11 is 3.53. The van der Waals surface area contributed by atoms with Crippen molar-refractivity contribution in [1.82, 2.24) is 5.32 Å². The van der Waals surface area contributed by atoms with Crippen LogP contribution in [0, 0.1) is 0 Å². The lowest BCUT2D eigenvalue weighted by Gasteiger charge is -2.25. The molecule has 0 saturated carbocycles. The van der Waals surface area contributed by atoms with E-state index in [2.05, 4.69) is 39.4 Å². The zero-order chi connectivity index (χ0) is 13.5.